The number of rotatable bonds is 5. The van der Waals surface area contributed by atoms with Crippen LogP contribution in [-0.4, -0.2) is 41.6 Å². The van der Waals surface area contributed by atoms with Crippen molar-refractivity contribution >= 4 is 28.8 Å². The van der Waals surface area contributed by atoms with Crippen molar-refractivity contribution in [1.82, 2.24) is 14.9 Å². The lowest BCUT2D eigenvalue weighted by atomic mass is 10.1. The van der Waals surface area contributed by atoms with Crippen molar-refractivity contribution < 1.29 is 14.3 Å². The summed E-state index contributed by atoms with van der Waals surface area (Å²) in [6.45, 7) is 1.11. The van der Waals surface area contributed by atoms with Crippen molar-refractivity contribution in [3.63, 3.8) is 0 Å². The van der Waals surface area contributed by atoms with Crippen LogP contribution in [0.5, 0.6) is 0 Å². The van der Waals surface area contributed by atoms with E-state index in [0.29, 0.717) is 19.1 Å². The van der Waals surface area contributed by atoms with Crippen LogP contribution in [0.15, 0.2) is 24.3 Å². The van der Waals surface area contributed by atoms with Crippen molar-refractivity contribution in [1.29, 1.82) is 0 Å². The monoisotopic (exact) mass is 302 g/mol. The highest BCUT2D eigenvalue weighted by Gasteiger charge is 2.32. The van der Waals surface area contributed by atoms with E-state index in [9.17, 15) is 9.59 Å². The van der Waals surface area contributed by atoms with Crippen molar-refractivity contribution in [2.45, 2.75) is 18.9 Å². The van der Waals surface area contributed by atoms with Crippen LogP contribution >= 0.6 is 0 Å². The molecule has 2 heterocycles. The van der Waals surface area contributed by atoms with Gasteiger partial charge in [-0.15, -0.1) is 0 Å². The molecule has 0 spiro atoms. The Balaban J connectivity index is 1.87. The molecule has 2 N–H and O–H groups in total. The van der Waals surface area contributed by atoms with Crippen molar-refractivity contribution in [3.05, 3.63) is 24.3 Å². The second-order valence-corrected chi connectivity index (χ2v) is 5.20. The maximum absolute atomic E-state index is 12.4. The standard InChI is InChI=1S/C15H18N4O3/c1-22-8-4-7-16-14(21)12-9-13(20)18-15-17-10-5-2-3-6-11(10)19(12)15/h2-3,5-6,12H,4,7-9H2,1H3,(H,16,21)(H,17,18,20). The smallest absolute Gasteiger partial charge is 0.243 e. The lowest BCUT2D eigenvalue weighted by molar-refractivity contribution is -0.128. The average molecular weight is 302 g/mol. The molecular weight excluding hydrogens is 284 g/mol. The third-order valence-electron chi connectivity index (χ3n) is 3.66. The molecule has 1 aliphatic rings. The molecule has 1 atom stereocenters. The Morgan fingerprint density at radius 2 is 2.32 bits per heavy atom. The number of benzene rings is 1. The summed E-state index contributed by atoms with van der Waals surface area (Å²) in [7, 11) is 1.62. The number of methoxy groups -OCH3 is 1. The molecule has 1 unspecified atom stereocenters. The summed E-state index contributed by atoms with van der Waals surface area (Å²) in [6.07, 6.45) is 0.849. The molecule has 116 valence electrons. The number of nitrogens with one attached hydrogen (secondary N) is 2. The van der Waals surface area contributed by atoms with Crippen LogP contribution in [-0.2, 0) is 14.3 Å². The molecule has 1 aromatic carbocycles. The van der Waals surface area contributed by atoms with Crippen molar-refractivity contribution in [2.24, 2.45) is 0 Å². The molecule has 22 heavy (non-hydrogen) atoms. The van der Waals surface area contributed by atoms with Crippen LogP contribution in [0.3, 0.4) is 0 Å². The first kappa shape index (κ1) is 14.5. The van der Waals surface area contributed by atoms with Gasteiger partial charge in [-0.05, 0) is 18.6 Å². The highest BCUT2D eigenvalue weighted by atomic mass is 16.5. The van der Waals surface area contributed by atoms with Crippen LogP contribution < -0.4 is 10.6 Å². The molecule has 3 rings (SSSR count). The highest BCUT2D eigenvalue weighted by Crippen LogP contribution is 2.30. The number of para-hydroxylation sites is 2. The van der Waals surface area contributed by atoms with Crippen molar-refractivity contribution in [2.75, 3.05) is 25.6 Å². The van der Waals surface area contributed by atoms with E-state index in [1.54, 1.807) is 11.7 Å². The number of ether oxygens (including phenoxy) is 1. The Morgan fingerprint density at radius 1 is 1.50 bits per heavy atom. The molecule has 7 heteroatoms. The fourth-order valence-electron chi connectivity index (χ4n) is 2.65. The number of imidazole rings is 1. The fraction of sp³-hybridized carbons (Fsp3) is 0.400. The van der Waals surface area contributed by atoms with Gasteiger partial charge in [0.25, 0.3) is 0 Å². The van der Waals surface area contributed by atoms with E-state index >= 15 is 0 Å². The molecule has 0 saturated heterocycles. The zero-order chi connectivity index (χ0) is 15.5. The minimum absolute atomic E-state index is 0.115. The molecular formula is C15H18N4O3. The van der Waals surface area contributed by atoms with Crippen LogP contribution in [0.25, 0.3) is 11.0 Å². The zero-order valence-corrected chi connectivity index (χ0v) is 12.3. The first-order valence-corrected chi connectivity index (χ1v) is 7.24. The molecule has 0 fully saturated rings. The fourth-order valence-corrected chi connectivity index (χ4v) is 2.65. The van der Waals surface area contributed by atoms with E-state index in [1.807, 2.05) is 24.3 Å². The molecule has 2 aromatic rings. The first-order chi connectivity index (χ1) is 10.7. The Kier molecular flexibility index (Phi) is 4.06. The van der Waals surface area contributed by atoms with Gasteiger partial charge >= 0.3 is 0 Å². The van der Waals surface area contributed by atoms with E-state index < -0.39 is 6.04 Å². The summed E-state index contributed by atoms with van der Waals surface area (Å²) in [5, 5.41) is 5.58. The van der Waals surface area contributed by atoms with Gasteiger partial charge in [0.1, 0.15) is 6.04 Å². The molecule has 7 nitrogen and oxygen atoms in total. The minimum atomic E-state index is -0.571. The van der Waals surface area contributed by atoms with Gasteiger partial charge in [0.2, 0.25) is 17.8 Å². The van der Waals surface area contributed by atoms with E-state index in [0.717, 1.165) is 17.5 Å². The van der Waals surface area contributed by atoms with Gasteiger partial charge in [-0.25, -0.2) is 4.98 Å². The summed E-state index contributed by atoms with van der Waals surface area (Å²) < 4.78 is 6.75. The van der Waals surface area contributed by atoms with Crippen LogP contribution in [0.2, 0.25) is 0 Å². The van der Waals surface area contributed by atoms with Crippen LogP contribution in [0, 0.1) is 0 Å². The van der Waals surface area contributed by atoms with E-state index in [4.69, 9.17) is 4.74 Å². The summed E-state index contributed by atoms with van der Waals surface area (Å²) in [4.78, 5) is 28.6. The Labute approximate surface area is 127 Å². The predicted octanol–water partition coefficient (Wildman–Crippen LogP) is 1.07. The van der Waals surface area contributed by atoms with Crippen molar-refractivity contribution in [3.8, 4) is 0 Å². The number of carbonyl (C=O) groups is 2. The largest absolute Gasteiger partial charge is 0.385 e. The Morgan fingerprint density at radius 3 is 3.14 bits per heavy atom. The second-order valence-electron chi connectivity index (χ2n) is 5.20. The number of carbonyl (C=O) groups excluding carboxylic acids is 2. The molecule has 1 aromatic heterocycles. The number of aromatic nitrogens is 2. The Hall–Kier alpha value is -2.41. The maximum atomic E-state index is 12.4. The van der Waals surface area contributed by atoms with Gasteiger partial charge < -0.3 is 10.1 Å². The lowest BCUT2D eigenvalue weighted by Gasteiger charge is -2.24. The SMILES string of the molecule is COCCCNC(=O)C1CC(=O)Nc2nc3ccccc3n21. The molecule has 0 radical (unpaired) electrons. The normalized spacial score (nSPS) is 17.1. The van der Waals surface area contributed by atoms with E-state index in [2.05, 4.69) is 15.6 Å². The summed E-state index contributed by atoms with van der Waals surface area (Å²) in [5.41, 5.74) is 1.60. The topological polar surface area (TPSA) is 85.2 Å². The number of hydrogen-bond acceptors (Lipinski definition) is 4. The second kappa shape index (κ2) is 6.15. The van der Waals surface area contributed by atoms with Gasteiger partial charge in [-0.2, -0.15) is 0 Å². The predicted molar refractivity (Wildman–Crippen MR) is 81.5 cm³/mol. The number of hydrogen-bond donors (Lipinski definition) is 2. The molecule has 0 aliphatic carbocycles. The number of fused-ring (bicyclic) bond motifs is 3. The zero-order valence-electron chi connectivity index (χ0n) is 12.3. The summed E-state index contributed by atoms with van der Waals surface area (Å²) in [5.74, 6) is 0.0599. The first-order valence-electron chi connectivity index (χ1n) is 7.24. The molecule has 0 saturated carbocycles. The van der Waals surface area contributed by atoms with E-state index in [1.165, 1.54) is 0 Å². The summed E-state index contributed by atoms with van der Waals surface area (Å²) in [6, 6.07) is 6.96. The van der Waals surface area contributed by atoms with E-state index in [-0.39, 0.29) is 18.2 Å². The van der Waals surface area contributed by atoms with Gasteiger partial charge in [-0.1, -0.05) is 12.1 Å². The third-order valence-corrected chi connectivity index (χ3v) is 3.66. The number of amides is 2. The third kappa shape index (κ3) is 2.67. The minimum Gasteiger partial charge on any atom is -0.385 e. The molecule has 0 bridgehead atoms. The van der Waals surface area contributed by atoms with Gasteiger partial charge in [0.15, 0.2) is 0 Å². The highest BCUT2D eigenvalue weighted by molar-refractivity contribution is 5.99. The van der Waals surface area contributed by atoms with Gasteiger partial charge in [0.05, 0.1) is 17.5 Å². The quantitative estimate of drug-likeness (QED) is 0.809. The Bertz CT molecular complexity index is 710. The molecule has 1 aliphatic heterocycles. The van der Waals surface area contributed by atoms with Crippen LogP contribution in [0.1, 0.15) is 18.9 Å². The lowest BCUT2D eigenvalue weighted by Crippen LogP contribution is -2.39. The molecule has 2 amide bonds. The average Bonchev–Trinajstić information content (AvgIpc) is 2.88. The van der Waals surface area contributed by atoms with Gasteiger partial charge in [0, 0.05) is 20.3 Å². The van der Waals surface area contributed by atoms with Gasteiger partial charge in [-0.3, -0.25) is 19.5 Å². The maximum Gasteiger partial charge on any atom is 0.243 e. The number of anilines is 1. The van der Waals surface area contributed by atoms with Crippen LogP contribution in [0.4, 0.5) is 5.95 Å². The summed E-state index contributed by atoms with van der Waals surface area (Å²) >= 11 is 0. The number of nitrogens with zero attached hydrogens (tertiary/aromatic N) is 2.